The molecule has 0 saturated heterocycles. The van der Waals surface area contributed by atoms with Crippen LogP contribution in [0.3, 0.4) is 0 Å². The normalized spacial score (nSPS) is 12.2. The second-order valence-electron chi connectivity index (χ2n) is 2.71. The Morgan fingerprint density at radius 1 is 1.71 bits per heavy atom. The number of carbonyl (C=O) groups is 1. The minimum Gasteiger partial charge on any atom is -0.467 e. The fraction of sp³-hybridized carbons (Fsp3) is 0.333. The molecule has 1 heterocycles. The topological polar surface area (TPSA) is 59.4 Å². The minimum absolute atomic E-state index is 0.0208. The summed E-state index contributed by atoms with van der Waals surface area (Å²) in [4.78, 5) is 14.5. The lowest BCUT2D eigenvalue weighted by molar-refractivity contribution is -0.150. The number of rotatable bonds is 3. The standard InChI is InChI=1S/C9H10FNO3/c1-14-9(13)8(12)4-7-3-2-6(10)5-11-7/h2-3,5,8,12H,4H2,1H3. The van der Waals surface area contributed by atoms with Gasteiger partial charge in [-0.15, -0.1) is 0 Å². The summed E-state index contributed by atoms with van der Waals surface area (Å²) in [6.07, 6.45) is -0.204. The van der Waals surface area contributed by atoms with Crippen LogP contribution in [0.5, 0.6) is 0 Å². The zero-order valence-corrected chi connectivity index (χ0v) is 7.61. The van der Waals surface area contributed by atoms with Crippen LogP contribution in [0.1, 0.15) is 5.69 Å². The monoisotopic (exact) mass is 199 g/mol. The van der Waals surface area contributed by atoms with Gasteiger partial charge in [0.15, 0.2) is 6.10 Å². The molecular weight excluding hydrogens is 189 g/mol. The first kappa shape index (κ1) is 10.6. The average molecular weight is 199 g/mol. The van der Waals surface area contributed by atoms with Crippen molar-refractivity contribution in [3.63, 3.8) is 0 Å². The molecule has 1 N–H and O–H groups in total. The van der Waals surface area contributed by atoms with E-state index >= 15 is 0 Å². The van der Waals surface area contributed by atoms with Crippen molar-refractivity contribution in [3.05, 3.63) is 29.8 Å². The van der Waals surface area contributed by atoms with Gasteiger partial charge in [-0.3, -0.25) is 4.98 Å². The summed E-state index contributed by atoms with van der Waals surface area (Å²) < 4.78 is 16.7. The number of halogens is 1. The van der Waals surface area contributed by atoms with E-state index in [1.54, 1.807) is 0 Å². The molecule has 0 bridgehead atoms. The fourth-order valence-corrected chi connectivity index (χ4v) is 0.945. The predicted octanol–water partition coefficient (Wildman–Crippen LogP) is 0.297. The number of aromatic nitrogens is 1. The Labute approximate surface area is 80.3 Å². The molecule has 0 spiro atoms. The van der Waals surface area contributed by atoms with Crippen molar-refractivity contribution in [3.8, 4) is 0 Å². The first-order chi connectivity index (χ1) is 6.63. The maximum Gasteiger partial charge on any atom is 0.335 e. The third-order valence-electron chi connectivity index (χ3n) is 1.66. The van der Waals surface area contributed by atoms with Crippen LogP contribution in [-0.4, -0.2) is 29.3 Å². The number of aliphatic hydroxyl groups excluding tert-OH is 1. The Bertz CT molecular complexity index is 312. The van der Waals surface area contributed by atoms with Gasteiger partial charge in [-0.2, -0.15) is 0 Å². The van der Waals surface area contributed by atoms with E-state index in [9.17, 15) is 14.3 Å². The molecule has 0 aliphatic rings. The number of nitrogens with zero attached hydrogens (tertiary/aromatic N) is 1. The molecule has 0 fully saturated rings. The molecule has 0 radical (unpaired) electrons. The molecule has 14 heavy (non-hydrogen) atoms. The SMILES string of the molecule is COC(=O)C(O)Cc1ccc(F)cn1. The van der Waals surface area contributed by atoms with Crippen molar-refractivity contribution in [2.24, 2.45) is 0 Å². The number of esters is 1. The van der Waals surface area contributed by atoms with Crippen LogP contribution >= 0.6 is 0 Å². The summed E-state index contributed by atoms with van der Waals surface area (Å²) >= 11 is 0. The molecule has 0 aromatic carbocycles. The minimum atomic E-state index is -1.25. The fourth-order valence-electron chi connectivity index (χ4n) is 0.945. The summed E-state index contributed by atoms with van der Waals surface area (Å²) in [5.74, 6) is -1.18. The van der Waals surface area contributed by atoms with Crippen molar-refractivity contribution in [1.82, 2.24) is 4.98 Å². The van der Waals surface area contributed by atoms with Gasteiger partial charge in [0.25, 0.3) is 0 Å². The second kappa shape index (κ2) is 4.66. The number of aliphatic hydroxyl groups is 1. The van der Waals surface area contributed by atoms with E-state index in [1.165, 1.54) is 19.2 Å². The highest BCUT2D eigenvalue weighted by Gasteiger charge is 2.16. The Hall–Kier alpha value is -1.49. The highest BCUT2D eigenvalue weighted by molar-refractivity contribution is 5.74. The Balaban J connectivity index is 2.60. The smallest absolute Gasteiger partial charge is 0.335 e. The van der Waals surface area contributed by atoms with E-state index in [1.807, 2.05) is 0 Å². The molecule has 76 valence electrons. The number of ether oxygens (including phenoxy) is 1. The molecule has 1 rings (SSSR count). The van der Waals surface area contributed by atoms with Gasteiger partial charge in [0.2, 0.25) is 0 Å². The number of pyridine rings is 1. The molecule has 1 atom stereocenters. The maximum absolute atomic E-state index is 12.4. The molecule has 0 aliphatic carbocycles. The van der Waals surface area contributed by atoms with E-state index in [-0.39, 0.29) is 6.42 Å². The summed E-state index contributed by atoms with van der Waals surface area (Å²) in [5.41, 5.74) is 0.435. The number of carbonyl (C=O) groups excluding carboxylic acids is 1. The van der Waals surface area contributed by atoms with Gasteiger partial charge in [-0.25, -0.2) is 9.18 Å². The van der Waals surface area contributed by atoms with Crippen LogP contribution in [0.4, 0.5) is 4.39 Å². The van der Waals surface area contributed by atoms with Crippen LogP contribution in [-0.2, 0) is 16.0 Å². The van der Waals surface area contributed by atoms with Gasteiger partial charge in [-0.1, -0.05) is 0 Å². The molecule has 1 aromatic rings. The molecule has 0 saturated carbocycles. The van der Waals surface area contributed by atoms with E-state index < -0.39 is 17.9 Å². The number of methoxy groups -OCH3 is 1. The summed E-state index contributed by atoms with van der Waals surface area (Å²) in [5, 5.41) is 9.23. The summed E-state index contributed by atoms with van der Waals surface area (Å²) in [7, 11) is 1.18. The highest BCUT2D eigenvalue weighted by atomic mass is 19.1. The van der Waals surface area contributed by atoms with Crippen LogP contribution in [0, 0.1) is 5.82 Å². The van der Waals surface area contributed by atoms with Crippen LogP contribution in [0.2, 0.25) is 0 Å². The van der Waals surface area contributed by atoms with Gasteiger partial charge < -0.3 is 9.84 Å². The highest BCUT2D eigenvalue weighted by Crippen LogP contribution is 2.02. The van der Waals surface area contributed by atoms with Crippen molar-refractivity contribution >= 4 is 5.97 Å². The van der Waals surface area contributed by atoms with Gasteiger partial charge in [0, 0.05) is 12.1 Å². The Kier molecular flexibility index (Phi) is 3.53. The number of hydrogen-bond acceptors (Lipinski definition) is 4. The number of hydrogen-bond donors (Lipinski definition) is 1. The third-order valence-corrected chi connectivity index (χ3v) is 1.66. The van der Waals surface area contributed by atoms with Crippen molar-refractivity contribution in [2.75, 3.05) is 7.11 Å². The van der Waals surface area contributed by atoms with Gasteiger partial charge in [-0.05, 0) is 12.1 Å². The Morgan fingerprint density at radius 2 is 2.43 bits per heavy atom. The summed E-state index contributed by atoms with van der Waals surface area (Å²) in [6, 6.07) is 2.62. The van der Waals surface area contributed by atoms with E-state index in [4.69, 9.17) is 0 Å². The Morgan fingerprint density at radius 3 is 2.93 bits per heavy atom. The third kappa shape index (κ3) is 2.77. The molecule has 1 unspecified atom stereocenters. The second-order valence-corrected chi connectivity index (χ2v) is 2.71. The molecule has 0 amide bonds. The molecule has 1 aromatic heterocycles. The lowest BCUT2D eigenvalue weighted by Gasteiger charge is -2.06. The van der Waals surface area contributed by atoms with Gasteiger partial charge >= 0.3 is 5.97 Å². The zero-order chi connectivity index (χ0) is 10.6. The van der Waals surface area contributed by atoms with E-state index in [0.29, 0.717) is 5.69 Å². The van der Waals surface area contributed by atoms with Crippen molar-refractivity contribution < 1.29 is 19.0 Å². The van der Waals surface area contributed by atoms with Gasteiger partial charge in [0.1, 0.15) is 5.82 Å². The lowest BCUT2D eigenvalue weighted by Crippen LogP contribution is -2.24. The zero-order valence-electron chi connectivity index (χ0n) is 7.61. The quantitative estimate of drug-likeness (QED) is 0.711. The van der Waals surface area contributed by atoms with Crippen molar-refractivity contribution in [1.29, 1.82) is 0 Å². The van der Waals surface area contributed by atoms with Crippen molar-refractivity contribution in [2.45, 2.75) is 12.5 Å². The first-order valence-electron chi connectivity index (χ1n) is 4.00. The van der Waals surface area contributed by atoms with Crippen LogP contribution in [0.25, 0.3) is 0 Å². The molecular formula is C9H10FNO3. The van der Waals surface area contributed by atoms with E-state index in [0.717, 1.165) is 6.20 Å². The van der Waals surface area contributed by atoms with E-state index in [2.05, 4.69) is 9.72 Å². The average Bonchev–Trinajstić information content (AvgIpc) is 2.20. The maximum atomic E-state index is 12.4. The predicted molar refractivity (Wildman–Crippen MR) is 45.9 cm³/mol. The first-order valence-corrected chi connectivity index (χ1v) is 4.00. The lowest BCUT2D eigenvalue weighted by atomic mass is 10.2. The van der Waals surface area contributed by atoms with Crippen LogP contribution < -0.4 is 0 Å². The molecule has 0 aliphatic heterocycles. The summed E-state index contributed by atoms with van der Waals surface area (Å²) in [6.45, 7) is 0. The largest absolute Gasteiger partial charge is 0.467 e. The molecule has 5 heteroatoms. The van der Waals surface area contributed by atoms with Crippen LogP contribution in [0.15, 0.2) is 18.3 Å². The molecule has 4 nitrogen and oxygen atoms in total. The van der Waals surface area contributed by atoms with Gasteiger partial charge in [0.05, 0.1) is 13.3 Å².